The second kappa shape index (κ2) is 32.6. The number of hydrogen-bond acceptors (Lipinski definition) is 2. The summed E-state index contributed by atoms with van der Waals surface area (Å²) in [6.07, 6.45) is 43.5. The third kappa shape index (κ3) is 29.2. The van der Waals surface area contributed by atoms with E-state index in [1.807, 2.05) is 21.1 Å². The van der Waals surface area contributed by atoms with E-state index < -0.39 is 5.38 Å². The van der Waals surface area contributed by atoms with Crippen LogP contribution in [0.15, 0.2) is 24.3 Å². The van der Waals surface area contributed by atoms with Crippen molar-refractivity contribution >= 4 is 23.2 Å². The quantitative estimate of drug-likeness (QED) is 0.0292. The maximum atomic E-state index is 13.2. The minimum atomic E-state index is -0.425. The molecule has 0 aliphatic rings. The number of nitrogens with zero attached hydrogens (tertiary/aromatic N) is 1. The van der Waals surface area contributed by atoms with E-state index in [1.165, 1.54) is 141 Å². The van der Waals surface area contributed by atoms with E-state index in [9.17, 15) is 9.59 Å². The first-order valence-corrected chi connectivity index (χ1v) is 20.5. The standard InChI is InChI=1S/C42H79ClNO2/c1-6-8-10-12-14-16-18-20-22-24-26-28-30-32-34-36-39(45)38-40(43)42(44(3,4)5)41(46)37-35-33-31-29-27-25-23-21-19-17-15-13-11-9-7-2/h20-23,40,42H,6-19,24-38H2,1-5H3/q+1/b22-20-,23-21-. The summed E-state index contributed by atoms with van der Waals surface area (Å²) in [7, 11) is 6.10. The maximum absolute atomic E-state index is 13.2. The number of quaternary nitrogens is 1. The Morgan fingerprint density at radius 1 is 0.500 bits per heavy atom. The highest BCUT2D eigenvalue weighted by Gasteiger charge is 2.38. The fourth-order valence-corrected chi connectivity index (χ4v) is 7.11. The topological polar surface area (TPSA) is 34.1 Å². The molecule has 0 N–H and O–H groups in total. The number of rotatable bonds is 35. The Kier molecular flexibility index (Phi) is 31.9. The first kappa shape index (κ1) is 45.1. The summed E-state index contributed by atoms with van der Waals surface area (Å²) in [4.78, 5) is 26.0. The number of carbonyl (C=O) groups is 2. The molecule has 0 spiro atoms. The van der Waals surface area contributed by atoms with Crippen molar-refractivity contribution in [1.29, 1.82) is 0 Å². The summed E-state index contributed by atoms with van der Waals surface area (Å²) < 4.78 is 0.485. The van der Waals surface area contributed by atoms with Gasteiger partial charge in [-0.2, -0.15) is 0 Å². The Morgan fingerprint density at radius 2 is 0.826 bits per heavy atom. The van der Waals surface area contributed by atoms with Crippen molar-refractivity contribution < 1.29 is 14.1 Å². The highest BCUT2D eigenvalue weighted by atomic mass is 35.5. The fourth-order valence-electron chi connectivity index (χ4n) is 6.46. The van der Waals surface area contributed by atoms with Gasteiger partial charge in [0.1, 0.15) is 5.78 Å². The lowest BCUT2D eigenvalue weighted by Gasteiger charge is -2.35. The molecule has 2 atom stereocenters. The second-order valence-corrected chi connectivity index (χ2v) is 15.5. The molecule has 0 heterocycles. The molecule has 0 fully saturated rings. The van der Waals surface area contributed by atoms with Crippen LogP contribution < -0.4 is 0 Å². The third-order valence-electron chi connectivity index (χ3n) is 9.33. The molecule has 0 aliphatic carbocycles. The molecule has 46 heavy (non-hydrogen) atoms. The molecule has 0 bridgehead atoms. The zero-order valence-electron chi connectivity index (χ0n) is 31.6. The van der Waals surface area contributed by atoms with Gasteiger partial charge < -0.3 is 4.48 Å². The lowest BCUT2D eigenvalue weighted by Crippen LogP contribution is -2.55. The highest BCUT2D eigenvalue weighted by molar-refractivity contribution is 6.23. The molecule has 270 valence electrons. The Morgan fingerprint density at radius 3 is 1.20 bits per heavy atom. The molecular weight excluding hydrogens is 586 g/mol. The van der Waals surface area contributed by atoms with Crippen molar-refractivity contribution in [3.05, 3.63) is 24.3 Å². The van der Waals surface area contributed by atoms with Gasteiger partial charge in [0.05, 0.1) is 26.5 Å². The molecule has 0 radical (unpaired) electrons. The fraction of sp³-hybridized carbons (Fsp3) is 0.857. The van der Waals surface area contributed by atoms with E-state index in [1.54, 1.807) is 0 Å². The number of likely N-dealkylation sites (N-methyl/N-ethyl adjacent to an activating group) is 1. The summed E-state index contributed by atoms with van der Waals surface area (Å²) >= 11 is 6.79. The summed E-state index contributed by atoms with van der Waals surface area (Å²) in [6.45, 7) is 4.54. The Balaban J connectivity index is 3.98. The summed E-state index contributed by atoms with van der Waals surface area (Å²) in [5.41, 5.74) is 0. The van der Waals surface area contributed by atoms with Crippen molar-refractivity contribution in [2.24, 2.45) is 0 Å². The second-order valence-electron chi connectivity index (χ2n) is 15.0. The van der Waals surface area contributed by atoms with Crippen molar-refractivity contribution in [1.82, 2.24) is 0 Å². The van der Waals surface area contributed by atoms with Crippen LogP contribution in [0.2, 0.25) is 0 Å². The molecule has 3 nitrogen and oxygen atoms in total. The molecule has 2 unspecified atom stereocenters. The summed E-state index contributed by atoms with van der Waals surface area (Å²) in [5, 5.41) is -0.425. The lowest BCUT2D eigenvalue weighted by atomic mass is 9.95. The number of Topliss-reactive ketones (excluding diaryl/α,β-unsaturated/α-hetero) is 2. The average molecular weight is 666 g/mol. The summed E-state index contributed by atoms with van der Waals surface area (Å²) in [6, 6.07) is -0.323. The number of hydrogen-bond donors (Lipinski definition) is 0. The van der Waals surface area contributed by atoms with Crippen molar-refractivity contribution in [2.75, 3.05) is 21.1 Å². The van der Waals surface area contributed by atoms with E-state index in [-0.39, 0.29) is 17.6 Å². The van der Waals surface area contributed by atoms with Gasteiger partial charge in [-0.05, 0) is 64.2 Å². The molecule has 0 saturated carbocycles. The Labute approximate surface area is 293 Å². The zero-order chi connectivity index (χ0) is 34.1. The van der Waals surface area contributed by atoms with E-state index in [0.29, 0.717) is 23.7 Å². The molecule has 0 aliphatic heterocycles. The molecule has 0 saturated heterocycles. The first-order chi connectivity index (χ1) is 22.2. The minimum absolute atomic E-state index is 0.213. The predicted molar refractivity (Wildman–Crippen MR) is 205 cm³/mol. The molecule has 0 aromatic rings. The predicted octanol–water partition coefficient (Wildman–Crippen LogP) is 13.3. The van der Waals surface area contributed by atoms with E-state index in [0.717, 1.165) is 25.7 Å². The highest BCUT2D eigenvalue weighted by Crippen LogP contribution is 2.22. The number of ketones is 2. The van der Waals surface area contributed by atoms with Gasteiger partial charge in [0.2, 0.25) is 0 Å². The first-order valence-electron chi connectivity index (χ1n) is 20.0. The molecule has 0 amide bonds. The van der Waals surface area contributed by atoms with Gasteiger partial charge in [0, 0.05) is 19.3 Å². The van der Waals surface area contributed by atoms with Crippen molar-refractivity contribution in [2.45, 2.75) is 211 Å². The van der Waals surface area contributed by atoms with E-state index in [2.05, 4.69) is 38.2 Å². The minimum Gasteiger partial charge on any atom is -0.321 e. The normalized spacial score (nSPS) is 13.6. The molecule has 0 rings (SSSR count). The average Bonchev–Trinajstić information content (AvgIpc) is 3.00. The number of alkyl halides is 1. The van der Waals surface area contributed by atoms with Crippen molar-refractivity contribution in [3.8, 4) is 0 Å². The third-order valence-corrected chi connectivity index (χ3v) is 9.73. The van der Waals surface area contributed by atoms with Crippen LogP contribution in [0.4, 0.5) is 0 Å². The van der Waals surface area contributed by atoms with Crippen LogP contribution in [-0.4, -0.2) is 48.6 Å². The summed E-state index contributed by atoms with van der Waals surface area (Å²) in [5.74, 6) is 0.434. The van der Waals surface area contributed by atoms with Gasteiger partial charge in [-0.25, -0.2) is 0 Å². The lowest BCUT2D eigenvalue weighted by molar-refractivity contribution is -0.886. The van der Waals surface area contributed by atoms with Crippen LogP contribution in [-0.2, 0) is 9.59 Å². The smallest absolute Gasteiger partial charge is 0.191 e. The van der Waals surface area contributed by atoms with Gasteiger partial charge >= 0.3 is 0 Å². The SMILES string of the molecule is CCCCCCCC/C=C\CCCCCCCC(=O)CC(Cl)C(C(=O)CCCCCCC/C=C\CCCCCCCC)[N+](C)(C)C. The Hall–Kier alpha value is -0.930. The van der Waals surface area contributed by atoms with Gasteiger partial charge in [0.15, 0.2) is 11.8 Å². The van der Waals surface area contributed by atoms with Gasteiger partial charge in [-0.3, -0.25) is 9.59 Å². The van der Waals surface area contributed by atoms with Crippen LogP contribution in [0.25, 0.3) is 0 Å². The number of unbranched alkanes of at least 4 members (excludes halogenated alkanes) is 22. The van der Waals surface area contributed by atoms with Crippen LogP contribution >= 0.6 is 11.6 Å². The Bertz CT molecular complexity index is 753. The van der Waals surface area contributed by atoms with Crippen LogP contribution in [0, 0.1) is 0 Å². The molecule has 4 heteroatoms. The van der Waals surface area contributed by atoms with E-state index >= 15 is 0 Å². The number of carbonyl (C=O) groups excluding carboxylic acids is 2. The van der Waals surface area contributed by atoms with Crippen molar-refractivity contribution in [3.63, 3.8) is 0 Å². The number of allylic oxidation sites excluding steroid dienone is 4. The monoisotopic (exact) mass is 665 g/mol. The largest absolute Gasteiger partial charge is 0.321 e. The zero-order valence-corrected chi connectivity index (χ0v) is 32.4. The van der Waals surface area contributed by atoms with Crippen LogP contribution in [0.5, 0.6) is 0 Å². The van der Waals surface area contributed by atoms with Crippen LogP contribution in [0.1, 0.15) is 200 Å². The molecular formula is C42H79ClNO2+. The van der Waals surface area contributed by atoms with Gasteiger partial charge in [0.25, 0.3) is 0 Å². The maximum Gasteiger partial charge on any atom is 0.191 e. The van der Waals surface area contributed by atoms with Gasteiger partial charge in [-0.15, -0.1) is 11.6 Å². The van der Waals surface area contributed by atoms with Gasteiger partial charge in [-0.1, -0.05) is 141 Å². The molecule has 0 aromatic heterocycles. The van der Waals surface area contributed by atoms with Crippen LogP contribution in [0.3, 0.4) is 0 Å². The number of halogens is 1. The van der Waals surface area contributed by atoms with E-state index in [4.69, 9.17) is 11.6 Å². The molecule has 0 aromatic carbocycles.